The maximum Gasteiger partial charge on any atom is 0.419 e. The maximum absolute atomic E-state index is 13.4. The van der Waals surface area contributed by atoms with Crippen molar-refractivity contribution in [1.82, 2.24) is 15.2 Å². The van der Waals surface area contributed by atoms with E-state index in [1.165, 1.54) is 28.7 Å². The van der Waals surface area contributed by atoms with E-state index in [9.17, 15) is 17.6 Å². The lowest BCUT2D eigenvalue weighted by atomic mass is 10.2. The number of nitrogen functional groups attached to an aromatic ring is 1. The molecule has 0 saturated heterocycles. The topological polar surface area (TPSA) is 79.6 Å². The Hall–Kier alpha value is -1.59. The number of aromatic amines is 1. The molecule has 102 valence electrons. The molecule has 1 aromatic carbocycles. The normalized spacial score (nSPS) is 11.6. The minimum absolute atomic E-state index is 0.00645. The van der Waals surface area contributed by atoms with E-state index >= 15 is 0 Å². The van der Waals surface area contributed by atoms with Crippen molar-refractivity contribution in [2.24, 2.45) is 0 Å². The molecule has 10 heteroatoms. The highest BCUT2D eigenvalue weighted by atomic mass is 127. The summed E-state index contributed by atoms with van der Waals surface area (Å²) in [5.41, 5.74) is 3.93. The largest absolute Gasteiger partial charge is 0.419 e. The van der Waals surface area contributed by atoms with Crippen LogP contribution in [0.2, 0.25) is 0 Å². The molecule has 0 atom stereocenters. The van der Waals surface area contributed by atoms with Crippen molar-refractivity contribution in [3.8, 4) is 0 Å². The van der Waals surface area contributed by atoms with Gasteiger partial charge in [0, 0.05) is 5.69 Å². The summed E-state index contributed by atoms with van der Waals surface area (Å²) >= 11 is 1.48. The molecule has 2 rings (SSSR count). The highest BCUT2D eigenvalue weighted by molar-refractivity contribution is 14.1. The molecule has 0 bridgehead atoms. The molecule has 0 amide bonds. The average Bonchev–Trinajstić information content (AvgIpc) is 2.67. The fourth-order valence-electron chi connectivity index (χ4n) is 1.33. The lowest BCUT2D eigenvalue weighted by Crippen LogP contribution is -2.10. The number of benzene rings is 1. The van der Waals surface area contributed by atoms with E-state index in [-0.39, 0.29) is 21.2 Å². The number of anilines is 3. The molecule has 5 nitrogen and oxygen atoms in total. The molecule has 0 aliphatic carbocycles. The van der Waals surface area contributed by atoms with Crippen LogP contribution in [0.5, 0.6) is 0 Å². The molecule has 0 fully saturated rings. The van der Waals surface area contributed by atoms with E-state index in [2.05, 4.69) is 20.5 Å². The number of nitrogens with one attached hydrogen (secondary N) is 2. The first-order valence-corrected chi connectivity index (χ1v) is 5.86. The zero-order chi connectivity index (χ0) is 14.2. The Morgan fingerprint density at radius 1 is 1.32 bits per heavy atom. The summed E-state index contributed by atoms with van der Waals surface area (Å²) in [6, 6.07) is 1.85. The van der Waals surface area contributed by atoms with Gasteiger partial charge in [0.15, 0.2) is 0 Å². The number of nitrogens with zero attached hydrogens (tertiary/aromatic N) is 2. The molecule has 1 heterocycles. The first kappa shape index (κ1) is 13.8. The molecule has 4 N–H and O–H groups in total. The number of rotatable bonds is 2. The lowest BCUT2D eigenvalue weighted by molar-refractivity contribution is -0.140. The summed E-state index contributed by atoms with van der Waals surface area (Å²) in [4.78, 5) is 3.67. The third kappa shape index (κ3) is 3.05. The van der Waals surface area contributed by atoms with E-state index in [1.54, 1.807) is 0 Å². The molecule has 19 heavy (non-hydrogen) atoms. The van der Waals surface area contributed by atoms with Gasteiger partial charge in [-0.05, 0) is 34.7 Å². The first-order valence-electron chi connectivity index (χ1n) is 4.78. The van der Waals surface area contributed by atoms with Crippen molar-refractivity contribution in [1.29, 1.82) is 0 Å². The summed E-state index contributed by atoms with van der Waals surface area (Å²) in [7, 11) is 0. The van der Waals surface area contributed by atoms with Crippen LogP contribution in [-0.2, 0) is 6.18 Å². The van der Waals surface area contributed by atoms with Crippen LogP contribution in [0.1, 0.15) is 5.56 Å². The first-order chi connectivity index (χ1) is 8.77. The smallest absolute Gasteiger partial charge is 0.368 e. The van der Waals surface area contributed by atoms with Crippen LogP contribution >= 0.6 is 22.6 Å². The Kier molecular flexibility index (Phi) is 3.52. The molecular formula is C9H6F4IN5. The predicted octanol–water partition coefficient (Wildman–Crippen LogP) is 2.89. The number of aromatic nitrogens is 3. The van der Waals surface area contributed by atoms with Crippen LogP contribution in [0.3, 0.4) is 0 Å². The zero-order valence-corrected chi connectivity index (χ0v) is 11.2. The van der Waals surface area contributed by atoms with Gasteiger partial charge in [0.2, 0.25) is 11.9 Å². The number of hydrogen-bond acceptors (Lipinski definition) is 4. The Bertz CT molecular complexity index is 609. The van der Waals surface area contributed by atoms with E-state index in [1.807, 2.05) is 0 Å². The molecule has 1 aromatic heterocycles. The SMILES string of the molecule is Nc1nc(Nc2cc(I)c(F)c(C(F)(F)F)c2)n[nH]1. The van der Waals surface area contributed by atoms with E-state index < -0.39 is 17.6 Å². The Morgan fingerprint density at radius 2 is 2.00 bits per heavy atom. The highest BCUT2D eigenvalue weighted by Crippen LogP contribution is 2.35. The summed E-state index contributed by atoms with van der Waals surface area (Å²) in [6.45, 7) is 0. The molecular weight excluding hydrogens is 381 g/mol. The summed E-state index contributed by atoms with van der Waals surface area (Å²) in [5.74, 6) is -1.31. The number of hydrogen-bond donors (Lipinski definition) is 3. The number of alkyl halides is 3. The van der Waals surface area contributed by atoms with Gasteiger partial charge < -0.3 is 11.1 Å². The molecule has 0 saturated carbocycles. The van der Waals surface area contributed by atoms with Crippen molar-refractivity contribution in [3.63, 3.8) is 0 Å². The van der Waals surface area contributed by atoms with Gasteiger partial charge in [0.05, 0.1) is 9.13 Å². The summed E-state index contributed by atoms with van der Waals surface area (Å²) < 4.78 is 51.1. The van der Waals surface area contributed by atoms with Crippen molar-refractivity contribution < 1.29 is 17.6 Å². The van der Waals surface area contributed by atoms with Crippen molar-refractivity contribution in [2.45, 2.75) is 6.18 Å². The van der Waals surface area contributed by atoms with Crippen molar-refractivity contribution in [2.75, 3.05) is 11.1 Å². The summed E-state index contributed by atoms with van der Waals surface area (Å²) in [6.07, 6.45) is -4.78. The van der Waals surface area contributed by atoms with Gasteiger partial charge in [-0.3, -0.25) is 0 Å². The van der Waals surface area contributed by atoms with Crippen molar-refractivity contribution in [3.05, 3.63) is 27.1 Å². The number of halogens is 5. The van der Waals surface area contributed by atoms with Crippen LogP contribution in [-0.4, -0.2) is 15.2 Å². The van der Waals surface area contributed by atoms with Gasteiger partial charge in [0.25, 0.3) is 0 Å². The predicted molar refractivity (Wildman–Crippen MR) is 68.2 cm³/mol. The van der Waals surface area contributed by atoms with E-state index in [0.717, 1.165) is 0 Å². The standard InChI is InChI=1S/C9H6F4IN5/c10-6-4(9(11,12)13)1-3(2-5(6)14)16-8-17-7(15)18-19-8/h1-2H,(H4,15,16,17,18,19). The third-order valence-corrected chi connectivity index (χ3v) is 2.88. The van der Waals surface area contributed by atoms with Gasteiger partial charge in [-0.25, -0.2) is 9.49 Å². The minimum Gasteiger partial charge on any atom is -0.368 e. The second-order valence-electron chi connectivity index (χ2n) is 3.49. The molecule has 0 aliphatic rings. The van der Waals surface area contributed by atoms with Gasteiger partial charge in [-0.2, -0.15) is 18.2 Å². The second-order valence-corrected chi connectivity index (χ2v) is 4.65. The third-order valence-electron chi connectivity index (χ3n) is 2.09. The lowest BCUT2D eigenvalue weighted by Gasteiger charge is -2.11. The monoisotopic (exact) mass is 387 g/mol. The highest BCUT2D eigenvalue weighted by Gasteiger charge is 2.35. The van der Waals surface area contributed by atoms with Gasteiger partial charge in [-0.1, -0.05) is 0 Å². The molecule has 0 spiro atoms. The van der Waals surface area contributed by atoms with Gasteiger partial charge in [-0.15, -0.1) is 5.10 Å². The Labute approximate surface area is 117 Å². The van der Waals surface area contributed by atoms with Crippen LogP contribution in [0, 0.1) is 9.39 Å². The zero-order valence-electron chi connectivity index (χ0n) is 9.02. The van der Waals surface area contributed by atoms with E-state index in [0.29, 0.717) is 6.07 Å². The van der Waals surface area contributed by atoms with Gasteiger partial charge >= 0.3 is 6.18 Å². The maximum atomic E-state index is 13.4. The van der Waals surface area contributed by atoms with Gasteiger partial charge in [0.1, 0.15) is 5.82 Å². The quantitative estimate of drug-likeness (QED) is 0.547. The second kappa shape index (κ2) is 4.83. The minimum atomic E-state index is -4.78. The fraction of sp³-hybridized carbons (Fsp3) is 0.111. The van der Waals surface area contributed by atoms with Crippen LogP contribution in [0.15, 0.2) is 12.1 Å². The fourth-order valence-corrected chi connectivity index (χ4v) is 1.95. The Balaban J connectivity index is 2.39. The van der Waals surface area contributed by atoms with Crippen molar-refractivity contribution >= 4 is 40.2 Å². The molecule has 2 aromatic rings. The van der Waals surface area contributed by atoms with Crippen LogP contribution in [0.25, 0.3) is 0 Å². The Morgan fingerprint density at radius 3 is 2.53 bits per heavy atom. The molecule has 0 radical (unpaired) electrons. The number of nitrogens with two attached hydrogens (primary N) is 1. The summed E-state index contributed by atoms with van der Waals surface area (Å²) in [5, 5.41) is 8.42. The van der Waals surface area contributed by atoms with Crippen LogP contribution < -0.4 is 11.1 Å². The van der Waals surface area contributed by atoms with E-state index in [4.69, 9.17) is 5.73 Å². The molecule has 0 aliphatic heterocycles. The average molecular weight is 387 g/mol. The van der Waals surface area contributed by atoms with Crippen LogP contribution in [0.4, 0.5) is 35.1 Å². The number of H-pyrrole nitrogens is 1. The molecule has 0 unspecified atom stereocenters.